The lowest BCUT2D eigenvalue weighted by atomic mass is 9.88. The van der Waals surface area contributed by atoms with Gasteiger partial charge in [0.2, 0.25) is 0 Å². The molecule has 0 saturated heterocycles. The second-order valence-corrected chi connectivity index (χ2v) is 8.08. The third kappa shape index (κ3) is 11.8. The van der Waals surface area contributed by atoms with E-state index in [0.717, 1.165) is 0 Å². The van der Waals surface area contributed by atoms with Gasteiger partial charge in [0.05, 0.1) is 31.0 Å². The molecule has 0 atom stereocenters. The topological polar surface area (TPSA) is 69.9 Å². The van der Waals surface area contributed by atoms with Crippen LogP contribution in [0.15, 0.2) is 23.3 Å². The Balaban J connectivity index is 0. The molecular formula is C20H40O4. The summed E-state index contributed by atoms with van der Waals surface area (Å²) in [7, 11) is 0. The predicted molar refractivity (Wildman–Crippen MR) is 102 cm³/mol. The van der Waals surface area contributed by atoms with Gasteiger partial charge >= 0.3 is 0 Å². The Labute approximate surface area is 149 Å². The number of rotatable bonds is 8. The van der Waals surface area contributed by atoms with Crippen LogP contribution < -0.4 is 0 Å². The summed E-state index contributed by atoms with van der Waals surface area (Å²) in [6, 6.07) is 0. The van der Waals surface area contributed by atoms with Crippen molar-refractivity contribution in [3.05, 3.63) is 23.3 Å². The zero-order valence-corrected chi connectivity index (χ0v) is 17.2. The van der Waals surface area contributed by atoms with E-state index in [9.17, 15) is 0 Å². The average molecular weight is 345 g/mol. The molecule has 4 nitrogen and oxygen atoms in total. The number of hydrogen-bond acceptors (Lipinski definition) is 4. The Hall–Kier alpha value is -0.680. The van der Waals surface area contributed by atoms with Crippen LogP contribution in [0.4, 0.5) is 0 Å². The van der Waals surface area contributed by atoms with Crippen LogP contribution in [0.2, 0.25) is 0 Å². The molecule has 0 unspecified atom stereocenters. The molecule has 0 aliphatic heterocycles. The second kappa shape index (κ2) is 11.0. The lowest BCUT2D eigenvalue weighted by Crippen LogP contribution is -2.34. The standard InChI is InChI=1S/C14H26O.C6H14O3/c1-11(2)9-13(5,6)15-14(7,8)10-12(3)4;1-2-6(3-7,4-8)5-9/h9-10H,1-8H3;7-9H,2-5H2,1H3. The van der Waals surface area contributed by atoms with E-state index in [1.807, 2.05) is 6.92 Å². The van der Waals surface area contributed by atoms with Gasteiger partial charge in [-0.25, -0.2) is 0 Å². The third-order valence-electron chi connectivity index (χ3n) is 3.55. The van der Waals surface area contributed by atoms with Gasteiger partial charge in [-0.1, -0.05) is 30.2 Å². The largest absolute Gasteiger partial charge is 0.396 e. The molecule has 24 heavy (non-hydrogen) atoms. The summed E-state index contributed by atoms with van der Waals surface area (Å²) in [5, 5.41) is 26.0. The quantitative estimate of drug-likeness (QED) is 0.585. The summed E-state index contributed by atoms with van der Waals surface area (Å²) < 4.78 is 6.09. The molecule has 0 aliphatic rings. The van der Waals surface area contributed by atoms with Gasteiger partial charge in [0.25, 0.3) is 0 Å². The van der Waals surface area contributed by atoms with Gasteiger partial charge in [0.15, 0.2) is 0 Å². The molecular weight excluding hydrogens is 304 g/mol. The summed E-state index contributed by atoms with van der Waals surface area (Å²) in [6.45, 7) is 18.1. The molecule has 0 aromatic carbocycles. The van der Waals surface area contributed by atoms with E-state index in [2.05, 4.69) is 67.5 Å². The van der Waals surface area contributed by atoms with Crippen LogP contribution in [-0.4, -0.2) is 46.3 Å². The maximum absolute atomic E-state index is 8.66. The zero-order valence-electron chi connectivity index (χ0n) is 17.2. The highest BCUT2D eigenvalue weighted by Crippen LogP contribution is 2.24. The number of allylic oxidation sites excluding steroid dienone is 2. The third-order valence-corrected chi connectivity index (χ3v) is 3.55. The number of aliphatic hydroxyl groups is 3. The summed E-state index contributed by atoms with van der Waals surface area (Å²) in [5.41, 5.74) is 1.48. The van der Waals surface area contributed by atoms with Crippen LogP contribution in [0.3, 0.4) is 0 Å². The molecule has 0 fully saturated rings. The minimum atomic E-state index is -0.667. The van der Waals surface area contributed by atoms with E-state index < -0.39 is 5.41 Å². The summed E-state index contributed by atoms with van der Waals surface area (Å²) in [6.07, 6.45) is 4.91. The van der Waals surface area contributed by atoms with E-state index in [1.54, 1.807) is 0 Å². The molecule has 0 radical (unpaired) electrons. The first-order chi connectivity index (χ1) is 10.8. The first-order valence-corrected chi connectivity index (χ1v) is 8.63. The van der Waals surface area contributed by atoms with Crippen molar-refractivity contribution < 1.29 is 20.1 Å². The minimum Gasteiger partial charge on any atom is -0.396 e. The van der Waals surface area contributed by atoms with Crippen molar-refractivity contribution in [3.63, 3.8) is 0 Å². The molecule has 0 bridgehead atoms. The van der Waals surface area contributed by atoms with Gasteiger partial charge in [-0.2, -0.15) is 0 Å². The van der Waals surface area contributed by atoms with Crippen molar-refractivity contribution in [2.45, 2.75) is 79.9 Å². The highest BCUT2D eigenvalue weighted by molar-refractivity contribution is 5.09. The highest BCUT2D eigenvalue weighted by Gasteiger charge is 2.26. The number of ether oxygens (including phenoxy) is 1. The van der Waals surface area contributed by atoms with Crippen molar-refractivity contribution in [1.29, 1.82) is 0 Å². The first kappa shape index (κ1) is 25.6. The maximum atomic E-state index is 8.66. The van der Waals surface area contributed by atoms with E-state index in [-0.39, 0.29) is 31.0 Å². The van der Waals surface area contributed by atoms with Gasteiger partial charge in [-0.3, -0.25) is 0 Å². The molecule has 0 heterocycles. The fraction of sp³-hybridized carbons (Fsp3) is 0.800. The summed E-state index contributed by atoms with van der Waals surface area (Å²) in [5.74, 6) is 0. The lowest BCUT2D eigenvalue weighted by Gasteiger charge is -2.33. The van der Waals surface area contributed by atoms with Gasteiger partial charge in [-0.15, -0.1) is 0 Å². The Kier molecular flexibility index (Phi) is 11.8. The normalized spacial score (nSPS) is 12.2. The average Bonchev–Trinajstić information content (AvgIpc) is 2.38. The van der Waals surface area contributed by atoms with Gasteiger partial charge in [0, 0.05) is 5.41 Å². The molecule has 0 amide bonds. The Morgan fingerprint density at radius 3 is 1.17 bits per heavy atom. The zero-order chi connectivity index (χ0) is 19.6. The summed E-state index contributed by atoms with van der Waals surface area (Å²) in [4.78, 5) is 0. The van der Waals surface area contributed by atoms with Crippen molar-refractivity contribution >= 4 is 0 Å². The van der Waals surface area contributed by atoms with Crippen LogP contribution >= 0.6 is 0 Å². The molecule has 0 spiro atoms. The van der Waals surface area contributed by atoms with E-state index in [4.69, 9.17) is 20.1 Å². The van der Waals surface area contributed by atoms with Crippen molar-refractivity contribution in [2.24, 2.45) is 5.41 Å². The van der Waals surface area contributed by atoms with Gasteiger partial charge < -0.3 is 20.1 Å². The maximum Gasteiger partial charge on any atom is 0.0820 e. The van der Waals surface area contributed by atoms with Crippen LogP contribution in [0.5, 0.6) is 0 Å². The van der Waals surface area contributed by atoms with Gasteiger partial charge in [-0.05, 0) is 61.8 Å². The molecule has 0 aromatic rings. The Morgan fingerprint density at radius 1 is 0.750 bits per heavy atom. The van der Waals surface area contributed by atoms with Crippen molar-refractivity contribution in [1.82, 2.24) is 0 Å². The van der Waals surface area contributed by atoms with Crippen molar-refractivity contribution in [3.8, 4) is 0 Å². The molecule has 0 aliphatic carbocycles. The minimum absolute atomic E-state index is 0.156. The van der Waals surface area contributed by atoms with Crippen LogP contribution in [0.25, 0.3) is 0 Å². The van der Waals surface area contributed by atoms with Gasteiger partial charge in [0.1, 0.15) is 0 Å². The molecule has 0 aromatic heterocycles. The van der Waals surface area contributed by atoms with E-state index in [1.165, 1.54) is 11.1 Å². The van der Waals surface area contributed by atoms with E-state index in [0.29, 0.717) is 6.42 Å². The molecule has 3 N–H and O–H groups in total. The molecule has 144 valence electrons. The second-order valence-electron chi connectivity index (χ2n) is 8.08. The monoisotopic (exact) mass is 344 g/mol. The lowest BCUT2D eigenvalue weighted by molar-refractivity contribution is -0.0690. The van der Waals surface area contributed by atoms with Crippen LogP contribution in [0.1, 0.15) is 68.7 Å². The SMILES string of the molecule is CC(C)=CC(C)(C)OC(C)(C)C=C(C)C.CCC(CO)(CO)CO. The van der Waals surface area contributed by atoms with Crippen LogP contribution in [0, 0.1) is 5.41 Å². The molecule has 0 saturated carbocycles. The summed E-state index contributed by atoms with van der Waals surface area (Å²) >= 11 is 0. The molecule has 4 heteroatoms. The predicted octanol–water partition coefficient (Wildman–Crippen LogP) is 3.85. The van der Waals surface area contributed by atoms with Crippen molar-refractivity contribution in [2.75, 3.05) is 19.8 Å². The fourth-order valence-electron chi connectivity index (χ4n) is 2.61. The number of aliphatic hydroxyl groups excluding tert-OH is 3. The Morgan fingerprint density at radius 2 is 1.04 bits per heavy atom. The smallest absolute Gasteiger partial charge is 0.0820 e. The fourth-order valence-corrected chi connectivity index (χ4v) is 2.61. The van der Waals surface area contributed by atoms with Crippen LogP contribution in [-0.2, 0) is 4.74 Å². The Bertz CT molecular complexity index is 348. The molecule has 0 rings (SSSR count). The number of hydrogen-bond donors (Lipinski definition) is 3. The first-order valence-electron chi connectivity index (χ1n) is 8.63. The highest BCUT2D eigenvalue weighted by atomic mass is 16.5. The van der Waals surface area contributed by atoms with E-state index >= 15 is 0 Å².